The van der Waals surface area contributed by atoms with Crippen molar-refractivity contribution in [2.24, 2.45) is 5.92 Å². The van der Waals surface area contributed by atoms with E-state index in [0.717, 1.165) is 19.5 Å². The molecule has 1 aliphatic heterocycles. The topological polar surface area (TPSA) is 57.6 Å². The van der Waals surface area contributed by atoms with Gasteiger partial charge in [0.05, 0.1) is 11.0 Å². The second-order valence-corrected chi connectivity index (χ2v) is 7.23. The zero-order chi connectivity index (χ0) is 11.5. The Bertz CT molecular complexity index is 287. The van der Waals surface area contributed by atoms with Gasteiger partial charge in [-0.05, 0) is 32.7 Å². The standard InChI is InChI=1S/C10H21NO3S/c1-9(2)15(13,14)6-5-11-4-3-10(7-11)8-12/h9-10,12H,3-8H2,1-2H3. The van der Waals surface area contributed by atoms with Crippen molar-refractivity contribution in [1.82, 2.24) is 4.90 Å². The maximum absolute atomic E-state index is 11.6. The molecule has 1 aliphatic rings. The number of hydrogen-bond acceptors (Lipinski definition) is 4. The number of aliphatic hydroxyl groups excluding tert-OH is 1. The first kappa shape index (κ1) is 12.9. The van der Waals surface area contributed by atoms with Crippen LogP contribution in [0, 0.1) is 5.92 Å². The van der Waals surface area contributed by atoms with E-state index in [1.807, 2.05) is 0 Å². The molecule has 0 aromatic rings. The highest BCUT2D eigenvalue weighted by Crippen LogP contribution is 2.15. The van der Waals surface area contributed by atoms with E-state index >= 15 is 0 Å². The van der Waals surface area contributed by atoms with E-state index < -0.39 is 9.84 Å². The van der Waals surface area contributed by atoms with Crippen molar-refractivity contribution < 1.29 is 13.5 Å². The Morgan fingerprint density at radius 1 is 1.47 bits per heavy atom. The van der Waals surface area contributed by atoms with Crippen molar-refractivity contribution in [1.29, 1.82) is 0 Å². The van der Waals surface area contributed by atoms with E-state index in [1.54, 1.807) is 13.8 Å². The molecule has 1 fully saturated rings. The number of hydrogen-bond donors (Lipinski definition) is 1. The second kappa shape index (κ2) is 5.27. The summed E-state index contributed by atoms with van der Waals surface area (Å²) in [5.41, 5.74) is 0. The second-order valence-electron chi connectivity index (χ2n) is 4.55. The quantitative estimate of drug-likeness (QED) is 0.735. The van der Waals surface area contributed by atoms with E-state index in [1.165, 1.54) is 0 Å². The van der Waals surface area contributed by atoms with Crippen LogP contribution in [0.15, 0.2) is 0 Å². The molecule has 1 unspecified atom stereocenters. The lowest BCUT2D eigenvalue weighted by molar-refractivity contribution is 0.224. The van der Waals surface area contributed by atoms with Crippen LogP contribution in [0.5, 0.6) is 0 Å². The average Bonchev–Trinajstić information content (AvgIpc) is 2.62. The molecule has 1 atom stereocenters. The lowest BCUT2D eigenvalue weighted by Crippen LogP contribution is -2.30. The van der Waals surface area contributed by atoms with Gasteiger partial charge in [0.2, 0.25) is 0 Å². The fourth-order valence-electron chi connectivity index (χ4n) is 1.76. The summed E-state index contributed by atoms with van der Waals surface area (Å²) in [6, 6.07) is 0. The largest absolute Gasteiger partial charge is 0.396 e. The molecule has 0 bridgehead atoms. The highest BCUT2D eigenvalue weighted by molar-refractivity contribution is 7.92. The van der Waals surface area contributed by atoms with Crippen molar-refractivity contribution in [2.45, 2.75) is 25.5 Å². The summed E-state index contributed by atoms with van der Waals surface area (Å²) in [6.07, 6.45) is 0.984. The van der Waals surface area contributed by atoms with Crippen molar-refractivity contribution in [3.05, 3.63) is 0 Å². The lowest BCUT2D eigenvalue weighted by Gasteiger charge is -2.16. The Kier molecular flexibility index (Phi) is 4.55. The number of rotatable bonds is 5. The predicted octanol–water partition coefficient (Wildman–Crippen LogP) is 0.124. The summed E-state index contributed by atoms with van der Waals surface area (Å²) in [5, 5.41) is 8.67. The molecule has 90 valence electrons. The summed E-state index contributed by atoms with van der Waals surface area (Å²) >= 11 is 0. The van der Waals surface area contributed by atoms with Crippen molar-refractivity contribution in [3.63, 3.8) is 0 Å². The summed E-state index contributed by atoms with van der Waals surface area (Å²) in [7, 11) is -2.91. The highest BCUT2D eigenvalue weighted by Gasteiger charge is 2.24. The Hall–Kier alpha value is -0.130. The van der Waals surface area contributed by atoms with Gasteiger partial charge in [0.1, 0.15) is 0 Å². The molecule has 1 heterocycles. The SMILES string of the molecule is CC(C)S(=O)(=O)CCN1CCC(CO)C1. The first-order chi connectivity index (χ1) is 6.95. The molecule has 1 rings (SSSR count). The third kappa shape index (κ3) is 3.74. The normalized spacial score (nSPS) is 23.9. The predicted molar refractivity (Wildman–Crippen MR) is 60.6 cm³/mol. The third-order valence-corrected chi connectivity index (χ3v) is 5.23. The highest BCUT2D eigenvalue weighted by atomic mass is 32.2. The molecule has 0 aromatic heterocycles. The van der Waals surface area contributed by atoms with Crippen molar-refractivity contribution in [3.8, 4) is 0 Å². The Labute approximate surface area is 92.2 Å². The van der Waals surface area contributed by atoms with Crippen LogP contribution in [0.3, 0.4) is 0 Å². The number of likely N-dealkylation sites (tertiary alicyclic amines) is 1. The summed E-state index contributed by atoms with van der Waals surface area (Å²) < 4.78 is 23.1. The molecule has 0 spiro atoms. The molecule has 1 N–H and O–H groups in total. The third-order valence-electron chi connectivity index (χ3n) is 3.04. The van der Waals surface area contributed by atoms with Crippen LogP contribution in [0.25, 0.3) is 0 Å². The molecular formula is C10H21NO3S. The smallest absolute Gasteiger partial charge is 0.153 e. The molecule has 4 nitrogen and oxygen atoms in total. The van der Waals surface area contributed by atoms with Crippen LogP contribution in [-0.4, -0.2) is 55.7 Å². The van der Waals surface area contributed by atoms with Gasteiger partial charge in [-0.25, -0.2) is 8.42 Å². The maximum atomic E-state index is 11.6. The first-order valence-corrected chi connectivity index (χ1v) is 7.22. The molecule has 0 radical (unpaired) electrons. The minimum atomic E-state index is -2.91. The maximum Gasteiger partial charge on any atom is 0.153 e. The van der Waals surface area contributed by atoms with E-state index in [0.29, 0.717) is 12.5 Å². The van der Waals surface area contributed by atoms with E-state index in [-0.39, 0.29) is 17.6 Å². The van der Waals surface area contributed by atoms with Crippen LogP contribution in [0.1, 0.15) is 20.3 Å². The van der Waals surface area contributed by atoms with Crippen LogP contribution >= 0.6 is 0 Å². The molecule has 5 heteroatoms. The fraction of sp³-hybridized carbons (Fsp3) is 1.00. The van der Waals surface area contributed by atoms with Gasteiger partial charge >= 0.3 is 0 Å². The van der Waals surface area contributed by atoms with Crippen LogP contribution in [-0.2, 0) is 9.84 Å². The number of nitrogens with zero attached hydrogens (tertiary/aromatic N) is 1. The van der Waals surface area contributed by atoms with Gasteiger partial charge in [-0.15, -0.1) is 0 Å². The molecule has 1 saturated heterocycles. The Morgan fingerprint density at radius 2 is 2.13 bits per heavy atom. The van der Waals surface area contributed by atoms with Crippen LogP contribution < -0.4 is 0 Å². The molecule has 0 aromatic carbocycles. The molecule has 0 amide bonds. The van der Waals surface area contributed by atoms with Gasteiger partial charge in [0, 0.05) is 19.7 Å². The Morgan fingerprint density at radius 3 is 2.60 bits per heavy atom. The zero-order valence-electron chi connectivity index (χ0n) is 9.52. The van der Waals surface area contributed by atoms with E-state index in [9.17, 15) is 8.42 Å². The molecule has 15 heavy (non-hydrogen) atoms. The summed E-state index contributed by atoms with van der Waals surface area (Å²) in [6.45, 7) is 6.01. The van der Waals surface area contributed by atoms with Gasteiger partial charge in [0.15, 0.2) is 9.84 Å². The van der Waals surface area contributed by atoms with E-state index in [2.05, 4.69) is 4.90 Å². The van der Waals surface area contributed by atoms with Crippen molar-refractivity contribution in [2.75, 3.05) is 32.0 Å². The summed E-state index contributed by atoms with van der Waals surface area (Å²) in [4.78, 5) is 2.13. The molecular weight excluding hydrogens is 214 g/mol. The fourth-order valence-corrected chi connectivity index (χ4v) is 2.74. The minimum Gasteiger partial charge on any atom is -0.396 e. The van der Waals surface area contributed by atoms with Crippen LogP contribution in [0.2, 0.25) is 0 Å². The summed E-state index contributed by atoms with van der Waals surface area (Å²) in [5.74, 6) is 0.578. The van der Waals surface area contributed by atoms with Crippen molar-refractivity contribution >= 4 is 9.84 Å². The minimum absolute atomic E-state index is 0.216. The van der Waals surface area contributed by atoms with Gasteiger partial charge in [-0.3, -0.25) is 0 Å². The van der Waals surface area contributed by atoms with Gasteiger partial charge in [-0.2, -0.15) is 0 Å². The number of sulfone groups is 1. The van der Waals surface area contributed by atoms with Gasteiger partial charge in [-0.1, -0.05) is 0 Å². The molecule has 0 aliphatic carbocycles. The van der Waals surface area contributed by atoms with E-state index in [4.69, 9.17) is 5.11 Å². The monoisotopic (exact) mass is 235 g/mol. The van der Waals surface area contributed by atoms with Gasteiger partial charge < -0.3 is 10.0 Å². The average molecular weight is 235 g/mol. The first-order valence-electron chi connectivity index (χ1n) is 5.50. The lowest BCUT2D eigenvalue weighted by atomic mass is 10.1. The van der Waals surface area contributed by atoms with Gasteiger partial charge in [0.25, 0.3) is 0 Å². The van der Waals surface area contributed by atoms with Crippen LogP contribution in [0.4, 0.5) is 0 Å². The zero-order valence-corrected chi connectivity index (χ0v) is 10.3. The number of aliphatic hydroxyl groups is 1. The Balaban J connectivity index is 2.33. The molecule has 0 saturated carbocycles.